The number of carbonyl (C=O) groups is 2. The lowest BCUT2D eigenvalue weighted by molar-refractivity contribution is 0.0471. The number of rotatable bonds is 6. The quantitative estimate of drug-likeness (QED) is 0.605. The zero-order chi connectivity index (χ0) is 16.8. The molecule has 0 aliphatic heterocycles. The molecule has 120 valence electrons. The Morgan fingerprint density at radius 3 is 2.30 bits per heavy atom. The summed E-state index contributed by atoms with van der Waals surface area (Å²) in [6, 6.07) is 9.66. The van der Waals surface area contributed by atoms with E-state index >= 15 is 0 Å². The Hall–Kier alpha value is -2.89. The number of methoxy groups -OCH3 is 2. The third kappa shape index (κ3) is 4.06. The maximum Gasteiger partial charge on any atom is 0.342 e. The Balaban J connectivity index is 2.07. The van der Waals surface area contributed by atoms with Gasteiger partial charge in [0.05, 0.1) is 14.2 Å². The molecular weight excluding hydrogens is 303 g/mol. The third-order valence-corrected chi connectivity index (χ3v) is 3.13. The van der Waals surface area contributed by atoms with Gasteiger partial charge in [0.1, 0.15) is 22.9 Å². The molecule has 23 heavy (non-hydrogen) atoms. The van der Waals surface area contributed by atoms with Gasteiger partial charge < -0.3 is 14.2 Å². The second kappa shape index (κ2) is 7.40. The highest BCUT2D eigenvalue weighted by atomic mass is 19.1. The average molecular weight is 318 g/mol. The van der Waals surface area contributed by atoms with Crippen molar-refractivity contribution in [2.24, 2.45) is 0 Å². The molecule has 0 spiro atoms. The molecular formula is C17H15FO5. The third-order valence-electron chi connectivity index (χ3n) is 3.13. The summed E-state index contributed by atoms with van der Waals surface area (Å²) in [6.45, 7) is -0.454. The number of hydrogen-bond donors (Lipinski definition) is 0. The molecule has 2 aromatic rings. The van der Waals surface area contributed by atoms with Crippen LogP contribution >= 0.6 is 0 Å². The normalized spacial score (nSPS) is 10.0. The minimum absolute atomic E-state index is 0.152. The van der Waals surface area contributed by atoms with E-state index in [-0.39, 0.29) is 11.1 Å². The minimum atomic E-state index is -0.712. The summed E-state index contributed by atoms with van der Waals surface area (Å²) in [5, 5.41) is 0. The van der Waals surface area contributed by atoms with Gasteiger partial charge in [0.25, 0.3) is 0 Å². The lowest BCUT2D eigenvalue weighted by Crippen LogP contribution is -2.15. The lowest BCUT2D eigenvalue weighted by Gasteiger charge is -2.10. The van der Waals surface area contributed by atoms with Crippen LogP contribution in [-0.4, -0.2) is 32.6 Å². The number of ketones is 1. The summed E-state index contributed by atoms with van der Waals surface area (Å²) in [7, 11) is 2.89. The number of halogens is 1. The van der Waals surface area contributed by atoms with E-state index in [4.69, 9.17) is 14.2 Å². The van der Waals surface area contributed by atoms with Gasteiger partial charge in [-0.2, -0.15) is 0 Å². The number of hydrogen-bond acceptors (Lipinski definition) is 5. The Kier molecular flexibility index (Phi) is 5.30. The number of esters is 1. The summed E-state index contributed by atoms with van der Waals surface area (Å²) in [6.07, 6.45) is 0. The highest BCUT2D eigenvalue weighted by Gasteiger charge is 2.17. The topological polar surface area (TPSA) is 61.8 Å². The zero-order valence-electron chi connectivity index (χ0n) is 12.7. The monoisotopic (exact) mass is 318 g/mol. The van der Waals surface area contributed by atoms with Crippen LogP contribution in [0.1, 0.15) is 20.7 Å². The van der Waals surface area contributed by atoms with Crippen molar-refractivity contribution in [1.29, 1.82) is 0 Å². The molecule has 0 saturated heterocycles. The van der Waals surface area contributed by atoms with E-state index in [2.05, 4.69) is 0 Å². The molecule has 0 unspecified atom stereocenters. The second-order valence-corrected chi connectivity index (χ2v) is 4.57. The van der Waals surface area contributed by atoms with Crippen molar-refractivity contribution in [2.45, 2.75) is 0 Å². The Morgan fingerprint density at radius 2 is 1.70 bits per heavy atom. The van der Waals surface area contributed by atoms with Gasteiger partial charge in [-0.05, 0) is 42.5 Å². The van der Waals surface area contributed by atoms with Crippen molar-refractivity contribution in [1.82, 2.24) is 0 Å². The summed E-state index contributed by atoms with van der Waals surface area (Å²) < 4.78 is 27.9. The molecule has 2 rings (SSSR count). The second-order valence-electron chi connectivity index (χ2n) is 4.57. The molecule has 0 heterocycles. The summed E-state index contributed by atoms with van der Waals surface area (Å²) in [5.74, 6) is -0.816. The molecule has 0 bridgehead atoms. The number of Topliss-reactive ketones (excluding diaryl/α,β-unsaturated/α-hetero) is 1. The van der Waals surface area contributed by atoms with E-state index in [1.807, 2.05) is 0 Å². The van der Waals surface area contributed by atoms with Crippen molar-refractivity contribution in [3.8, 4) is 11.5 Å². The van der Waals surface area contributed by atoms with Gasteiger partial charge in [-0.3, -0.25) is 4.79 Å². The van der Waals surface area contributed by atoms with E-state index < -0.39 is 24.2 Å². The molecule has 0 aliphatic rings. The molecule has 0 saturated carbocycles. The standard InChI is InChI=1S/C17H15FO5/c1-21-13-7-8-16(22-2)14(9-13)17(20)23-10-15(19)11-3-5-12(18)6-4-11/h3-9H,10H2,1-2H3. The first kappa shape index (κ1) is 16.5. The Bertz CT molecular complexity index is 709. The maximum atomic E-state index is 12.8. The van der Waals surface area contributed by atoms with Gasteiger partial charge in [0.15, 0.2) is 12.4 Å². The molecule has 5 nitrogen and oxygen atoms in total. The van der Waals surface area contributed by atoms with E-state index in [1.54, 1.807) is 12.1 Å². The van der Waals surface area contributed by atoms with Gasteiger partial charge in [-0.15, -0.1) is 0 Å². The number of carbonyl (C=O) groups excluding carboxylic acids is 2. The van der Waals surface area contributed by atoms with Crippen molar-refractivity contribution >= 4 is 11.8 Å². The summed E-state index contributed by atoms with van der Waals surface area (Å²) in [4.78, 5) is 24.0. The first-order valence-corrected chi connectivity index (χ1v) is 6.73. The van der Waals surface area contributed by atoms with Crippen molar-refractivity contribution in [3.05, 3.63) is 59.4 Å². The smallest absolute Gasteiger partial charge is 0.342 e. The molecule has 0 aromatic heterocycles. The molecule has 0 fully saturated rings. The fourth-order valence-electron chi connectivity index (χ4n) is 1.90. The maximum absolute atomic E-state index is 12.8. The van der Waals surface area contributed by atoms with Crippen molar-refractivity contribution < 1.29 is 28.2 Å². The van der Waals surface area contributed by atoms with Gasteiger partial charge in [-0.25, -0.2) is 9.18 Å². The molecule has 0 aliphatic carbocycles. The lowest BCUT2D eigenvalue weighted by atomic mass is 10.1. The first-order valence-electron chi connectivity index (χ1n) is 6.73. The molecule has 0 amide bonds. The van der Waals surface area contributed by atoms with E-state index in [9.17, 15) is 14.0 Å². The van der Waals surface area contributed by atoms with Gasteiger partial charge in [0.2, 0.25) is 0 Å². The van der Waals surface area contributed by atoms with Crippen LogP contribution in [0, 0.1) is 5.82 Å². The predicted octanol–water partition coefficient (Wildman–Crippen LogP) is 2.88. The van der Waals surface area contributed by atoms with Crippen LogP contribution in [0.5, 0.6) is 11.5 Å². The molecule has 2 aromatic carbocycles. The van der Waals surface area contributed by atoms with E-state index in [1.165, 1.54) is 44.6 Å². The molecule has 6 heteroatoms. The van der Waals surface area contributed by atoms with E-state index in [0.717, 1.165) is 0 Å². The van der Waals surface area contributed by atoms with Crippen LogP contribution in [0.15, 0.2) is 42.5 Å². The zero-order valence-corrected chi connectivity index (χ0v) is 12.7. The average Bonchev–Trinajstić information content (AvgIpc) is 2.59. The van der Waals surface area contributed by atoms with Crippen LogP contribution in [0.4, 0.5) is 4.39 Å². The first-order chi connectivity index (χ1) is 11.0. The van der Waals surface area contributed by atoms with E-state index in [0.29, 0.717) is 11.5 Å². The fourth-order valence-corrected chi connectivity index (χ4v) is 1.90. The Labute approximate surface area is 132 Å². The minimum Gasteiger partial charge on any atom is -0.497 e. The van der Waals surface area contributed by atoms with Crippen molar-refractivity contribution in [2.75, 3.05) is 20.8 Å². The molecule has 0 radical (unpaired) electrons. The van der Waals surface area contributed by atoms with Crippen LogP contribution in [0.25, 0.3) is 0 Å². The fraction of sp³-hybridized carbons (Fsp3) is 0.176. The molecule has 0 N–H and O–H groups in total. The highest BCUT2D eigenvalue weighted by molar-refractivity contribution is 6.00. The SMILES string of the molecule is COc1ccc(OC)c(C(=O)OCC(=O)c2ccc(F)cc2)c1. The van der Waals surface area contributed by atoms with Gasteiger partial charge in [0, 0.05) is 5.56 Å². The van der Waals surface area contributed by atoms with Gasteiger partial charge >= 0.3 is 5.97 Å². The van der Waals surface area contributed by atoms with Crippen molar-refractivity contribution in [3.63, 3.8) is 0 Å². The number of ether oxygens (including phenoxy) is 3. The summed E-state index contributed by atoms with van der Waals surface area (Å²) >= 11 is 0. The van der Waals surface area contributed by atoms with Gasteiger partial charge in [-0.1, -0.05) is 0 Å². The van der Waals surface area contributed by atoms with Crippen LogP contribution in [0.2, 0.25) is 0 Å². The van der Waals surface area contributed by atoms with Crippen LogP contribution < -0.4 is 9.47 Å². The Morgan fingerprint density at radius 1 is 1.00 bits per heavy atom. The largest absolute Gasteiger partial charge is 0.497 e. The predicted molar refractivity (Wildman–Crippen MR) is 80.6 cm³/mol. The van der Waals surface area contributed by atoms with Crippen LogP contribution in [0.3, 0.4) is 0 Å². The highest BCUT2D eigenvalue weighted by Crippen LogP contribution is 2.24. The van der Waals surface area contributed by atoms with Crippen LogP contribution in [-0.2, 0) is 4.74 Å². The molecule has 0 atom stereocenters. The number of benzene rings is 2. The summed E-state index contributed by atoms with van der Waals surface area (Å²) in [5.41, 5.74) is 0.413.